The fourth-order valence-electron chi connectivity index (χ4n) is 3.29. The van der Waals surface area contributed by atoms with Crippen LogP contribution in [0.5, 0.6) is 5.88 Å². The lowest BCUT2D eigenvalue weighted by atomic mass is 9.71. The van der Waals surface area contributed by atoms with E-state index < -0.39 is 0 Å². The molecule has 1 aromatic rings. The molecule has 20 heavy (non-hydrogen) atoms. The molecule has 3 nitrogen and oxygen atoms in total. The van der Waals surface area contributed by atoms with Crippen LogP contribution in [0.2, 0.25) is 5.15 Å². The highest BCUT2D eigenvalue weighted by atomic mass is 35.5. The second-order valence-electron chi connectivity index (χ2n) is 6.87. The molecule has 0 radical (unpaired) electrons. The summed E-state index contributed by atoms with van der Waals surface area (Å²) in [6, 6.07) is 0. The van der Waals surface area contributed by atoms with Crippen LogP contribution >= 0.6 is 11.6 Å². The number of aromatic nitrogens is 2. The van der Waals surface area contributed by atoms with Crippen LogP contribution < -0.4 is 4.74 Å². The molecule has 112 valence electrons. The van der Waals surface area contributed by atoms with Gasteiger partial charge in [-0.3, -0.25) is 0 Å². The minimum Gasteiger partial charge on any atom is -0.474 e. The van der Waals surface area contributed by atoms with Crippen molar-refractivity contribution < 1.29 is 4.74 Å². The van der Waals surface area contributed by atoms with E-state index >= 15 is 0 Å². The molecule has 1 aromatic heterocycles. The van der Waals surface area contributed by atoms with Gasteiger partial charge in [0.25, 0.3) is 0 Å². The molecule has 0 N–H and O–H groups in total. The normalized spacial score (nSPS) is 25.5. The Morgan fingerprint density at radius 2 is 2.00 bits per heavy atom. The number of rotatable bonds is 3. The molecule has 0 amide bonds. The highest BCUT2D eigenvalue weighted by molar-refractivity contribution is 6.30. The maximum atomic E-state index is 6.18. The molecule has 1 heterocycles. The molecule has 0 aromatic carbocycles. The molecule has 0 aliphatic heterocycles. The van der Waals surface area contributed by atoms with E-state index in [0.717, 1.165) is 30.7 Å². The second kappa shape index (κ2) is 5.88. The Hall–Kier alpha value is -0.830. The molecule has 1 aliphatic rings. The third-order valence-electron chi connectivity index (χ3n) is 4.03. The zero-order valence-electron chi connectivity index (χ0n) is 13.2. The van der Waals surface area contributed by atoms with Crippen LogP contribution in [-0.4, -0.2) is 16.1 Å². The Kier molecular flexibility index (Phi) is 4.58. The summed E-state index contributed by atoms with van der Waals surface area (Å²) in [4.78, 5) is 8.76. The highest BCUT2D eigenvalue weighted by Gasteiger charge is 2.33. The Bertz CT molecular complexity index is 488. The first-order chi connectivity index (χ1) is 9.30. The first kappa shape index (κ1) is 15.6. The van der Waals surface area contributed by atoms with E-state index in [1.807, 2.05) is 13.8 Å². The lowest BCUT2D eigenvalue weighted by Gasteiger charge is -2.38. The Morgan fingerprint density at radius 3 is 2.60 bits per heavy atom. The topological polar surface area (TPSA) is 35.0 Å². The summed E-state index contributed by atoms with van der Waals surface area (Å²) in [7, 11) is 0. The fourth-order valence-corrected chi connectivity index (χ4v) is 3.47. The van der Waals surface area contributed by atoms with Crippen LogP contribution in [0.1, 0.15) is 58.3 Å². The SMILES string of the molecule is CCc1nc(Cl)c(C)c(OC2CC(C)CC(C)(C)C2)n1. The number of hydrogen-bond acceptors (Lipinski definition) is 3. The molecule has 0 bridgehead atoms. The van der Waals surface area contributed by atoms with Crippen molar-refractivity contribution in [1.82, 2.24) is 9.97 Å². The first-order valence-electron chi connectivity index (χ1n) is 7.50. The van der Waals surface area contributed by atoms with E-state index in [-0.39, 0.29) is 6.10 Å². The van der Waals surface area contributed by atoms with Crippen LogP contribution in [0.15, 0.2) is 0 Å². The van der Waals surface area contributed by atoms with Gasteiger partial charge in [-0.2, -0.15) is 4.98 Å². The van der Waals surface area contributed by atoms with Gasteiger partial charge in [0.2, 0.25) is 5.88 Å². The van der Waals surface area contributed by atoms with Gasteiger partial charge in [-0.1, -0.05) is 39.3 Å². The minimum absolute atomic E-state index is 0.225. The Morgan fingerprint density at radius 1 is 1.30 bits per heavy atom. The van der Waals surface area contributed by atoms with Crippen molar-refractivity contribution in [2.24, 2.45) is 11.3 Å². The van der Waals surface area contributed by atoms with E-state index in [0.29, 0.717) is 22.4 Å². The zero-order chi connectivity index (χ0) is 14.9. The lowest BCUT2D eigenvalue weighted by Crippen LogP contribution is -2.34. The van der Waals surface area contributed by atoms with Gasteiger partial charge in [-0.05, 0) is 37.5 Å². The zero-order valence-corrected chi connectivity index (χ0v) is 13.9. The van der Waals surface area contributed by atoms with Gasteiger partial charge in [0.05, 0.1) is 0 Å². The number of aryl methyl sites for hydroxylation is 1. The molecule has 1 aliphatic carbocycles. The van der Waals surface area contributed by atoms with Gasteiger partial charge >= 0.3 is 0 Å². The van der Waals surface area contributed by atoms with Crippen molar-refractivity contribution >= 4 is 11.6 Å². The van der Waals surface area contributed by atoms with Crippen molar-refractivity contribution in [1.29, 1.82) is 0 Å². The van der Waals surface area contributed by atoms with Crippen LogP contribution in [0.25, 0.3) is 0 Å². The molecular weight excluding hydrogens is 272 g/mol. The van der Waals surface area contributed by atoms with Gasteiger partial charge in [0.15, 0.2) is 0 Å². The molecule has 1 saturated carbocycles. The van der Waals surface area contributed by atoms with Gasteiger partial charge in [0, 0.05) is 12.0 Å². The average Bonchev–Trinajstić information content (AvgIpc) is 2.32. The van der Waals surface area contributed by atoms with E-state index in [2.05, 4.69) is 30.7 Å². The third kappa shape index (κ3) is 3.63. The standard InChI is InChI=1S/C16H25ClN2O/c1-6-13-18-14(17)11(3)15(19-13)20-12-7-10(2)8-16(4,5)9-12/h10,12H,6-9H2,1-5H3. The Labute approximate surface area is 127 Å². The maximum Gasteiger partial charge on any atom is 0.221 e. The van der Waals surface area contributed by atoms with Crippen LogP contribution in [0.3, 0.4) is 0 Å². The van der Waals surface area contributed by atoms with E-state index in [9.17, 15) is 0 Å². The molecular formula is C16H25ClN2O. The number of hydrogen-bond donors (Lipinski definition) is 0. The Balaban J connectivity index is 2.19. The van der Waals surface area contributed by atoms with Gasteiger partial charge in [-0.15, -0.1) is 0 Å². The van der Waals surface area contributed by atoms with Crippen LogP contribution in [0.4, 0.5) is 0 Å². The smallest absolute Gasteiger partial charge is 0.221 e. The highest BCUT2D eigenvalue weighted by Crippen LogP contribution is 2.40. The molecule has 2 rings (SSSR count). The van der Waals surface area contributed by atoms with Gasteiger partial charge in [-0.25, -0.2) is 4.98 Å². The average molecular weight is 297 g/mol. The quantitative estimate of drug-likeness (QED) is 0.765. The summed E-state index contributed by atoms with van der Waals surface area (Å²) >= 11 is 6.17. The predicted octanol–water partition coefficient (Wildman–Crippen LogP) is 4.59. The van der Waals surface area contributed by atoms with E-state index in [1.165, 1.54) is 6.42 Å². The van der Waals surface area contributed by atoms with Gasteiger partial charge < -0.3 is 4.74 Å². The fraction of sp³-hybridized carbons (Fsp3) is 0.750. The van der Waals surface area contributed by atoms with Crippen molar-refractivity contribution in [3.05, 3.63) is 16.5 Å². The summed E-state index contributed by atoms with van der Waals surface area (Å²) in [6.45, 7) is 10.9. The minimum atomic E-state index is 0.225. The summed E-state index contributed by atoms with van der Waals surface area (Å²) in [6.07, 6.45) is 4.41. The number of halogens is 1. The lowest BCUT2D eigenvalue weighted by molar-refractivity contribution is 0.0525. The van der Waals surface area contributed by atoms with Gasteiger partial charge in [0.1, 0.15) is 17.1 Å². The summed E-state index contributed by atoms with van der Waals surface area (Å²) < 4.78 is 6.18. The predicted molar refractivity (Wildman–Crippen MR) is 82.4 cm³/mol. The molecule has 0 spiro atoms. The molecule has 2 unspecified atom stereocenters. The largest absolute Gasteiger partial charge is 0.474 e. The van der Waals surface area contributed by atoms with Crippen molar-refractivity contribution in [2.75, 3.05) is 0 Å². The molecule has 0 saturated heterocycles. The number of ether oxygens (including phenoxy) is 1. The van der Waals surface area contributed by atoms with Crippen LogP contribution in [-0.2, 0) is 6.42 Å². The van der Waals surface area contributed by atoms with Crippen molar-refractivity contribution in [3.8, 4) is 5.88 Å². The van der Waals surface area contributed by atoms with E-state index in [1.54, 1.807) is 0 Å². The summed E-state index contributed by atoms with van der Waals surface area (Å²) in [5.41, 5.74) is 1.18. The van der Waals surface area contributed by atoms with Crippen molar-refractivity contribution in [3.63, 3.8) is 0 Å². The monoisotopic (exact) mass is 296 g/mol. The summed E-state index contributed by atoms with van der Waals surface area (Å²) in [5.74, 6) is 2.10. The summed E-state index contributed by atoms with van der Waals surface area (Å²) in [5, 5.41) is 0.509. The second-order valence-corrected chi connectivity index (χ2v) is 7.23. The first-order valence-corrected chi connectivity index (χ1v) is 7.88. The molecule has 2 atom stereocenters. The molecule has 4 heteroatoms. The maximum absolute atomic E-state index is 6.18. The van der Waals surface area contributed by atoms with Crippen molar-refractivity contribution in [2.45, 2.75) is 66.4 Å². The number of nitrogens with zero attached hydrogens (tertiary/aromatic N) is 2. The molecule has 1 fully saturated rings. The third-order valence-corrected chi connectivity index (χ3v) is 4.40. The van der Waals surface area contributed by atoms with Crippen LogP contribution in [0, 0.1) is 18.3 Å². The van der Waals surface area contributed by atoms with E-state index in [4.69, 9.17) is 16.3 Å².